The van der Waals surface area contributed by atoms with Crippen LogP contribution in [0.4, 0.5) is 0 Å². The predicted octanol–water partition coefficient (Wildman–Crippen LogP) is 4.90. The van der Waals surface area contributed by atoms with Gasteiger partial charge >= 0.3 is 0 Å². The molecule has 3 nitrogen and oxygen atoms in total. The first-order valence-electron chi connectivity index (χ1n) is 7.32. The van der Waals surface area contributed by atoms with Crippen molar-refractivity contribution in [1.82, 2.24) is 9.55 Å². The maximum Gasteiger partial charge on any atom is 0.227 e. The van der Waals surface area contributed by atoms with Crippen LogP contribution in [0.1, 0.15) is 11.1 Å². The van der Waals surface area contributed by atoms with Gasteiger partial charge in [-0.2, -0.15) is 0 Å². The normalized spacial score (nSPS) is 11.2. The predicted molar refractivity (Wildman–Crippen MR) is 88.2 cm³/mol. The number of aromatic nitrogens is 2. The minimum Gasteiger partial charge on any atom is -0.436 e. The maximum atomic E-state index is 5.98. The second kappa shape index (κ2) is 4.88. The van der Waals surface area contributed by atoms with Gasteiger partial charge in [0.25, 0.3) is 0 Å². The lowest BCUT2D eigenvalue weighted by molar-refractivity contribution is 0.619. The van der Waals surface area contributed by atoms with Crippen LogP contribution in [0.2, 0.25) is 0 Å². The fourth-order valence-electron chi connectivity index (χ4n) is 2.80. The number of oxazole rings is 1. The molecule has 0 amide bonds. The van der Waals surface area contributed by atoms with Crippen LogP contribution in [0.15, 0.2) is 65.3 Å². The van der Waals surface area contributed by atoms with Crippen LogP contribution in [0.5, 0.6) is 0 Å². The van der Waals surface area contributed by atoms with Gasteiger partial charge in [0.15, 0.2) is 5.58 Å². The van der Waals surface area contributed by atoms with Gasteiger partial charge in [-0.05, 0) is 50.2 Å². The van der Waals surface area contributed by atoms with Crippen LogP contribution in [0.25, 0.3) is 28.2 Å². The van der Waals surface area contributed by atoms with Gasteiger partial charge in [-0.25, -0.2) is 4.98 Å². The molecule has 22 heavy (non-hydrogen) atoms. The summed E-state index contributed by atoms with van der Waals surface area (Å²) in [7, 11) is 0. The number of hydrogen-bond acceptors (Lipinski definition) is 2. The molecule has 0 aliphatic carbocycles. The number of nitrogens with zero attached hydrogens (tertiary/aromatic N) is 2. The van der Waals surface area contributed by atoms with Crippen LogP contribution in [-0.2, 0) is 0 Å². The zero-order chi connectivity index (χ0) is 15.1. The minimum atomic E-state index is 0.673. The van der Waals surface area contributed by atoms with Gasteiger partial charge in [-0.15, -0.1) is 0 Å². The highest BCUT2D eigenvalue weighted by molar-refractivity contribution is 5.78. The van der Waals surface area contributed by atoms with Crippen molar-refractivity contribution >= 4 is 11.1 Å². The SMILES string of the molecule is Cc1cc(C)cc(-c2nc3ccc(-n4cccc4)cc3o2)c1. The molecule has 0 radical (unpaired) electrons. The van der Waals surface area contributed by atoms with Crippen LogP contribution in [-0.4, -0.2) is 9.55 Å². The Labute approximate surface area is 128 Å². The van der Waals surface area contributed by atoms with E-state index >= 15 is 0 Å². The number of aryl methyl sites for hydroxylation is 2. The molecule has 2 aromatic carbocycles. The minimum absolute atomic E-state index is 0.673. The summed E-state index contributed by atoms with van der Waals surface area (Å²) >= 11 is 0. The topological polar surface area (TPSA) is 31.0 Å². The van der Waals surface area contributed by atoms with Gasteiger partial charge in [0.2, 0.25) is 5.89 Å². The summed E-state index contributed by atoms with van der Waals surface area (Å²) in [5.74, 6) is 0.673. The maximum absolute atomic E-state index is 5.98. The lowest BCUT2D eigenvalue weighted by Gasteiger charge is -2.01. The molecule has 0 atom stereocenters. The Hall–Kier alpha value is -2.81. The Balaban J connectivity index is 1.83. The first-order valence-corrected chi connectivity index (χ1v) is 7.32. The molecule has 2 heterocycles. The molecule has 0 N–H and O–H groups in total. The molecule has 0 aliphatic rings. The van der Waals surface area contributed by atoms with E-state index in [4.69, 9.17) is 4.42 Å². The van der Waals surface area contributed by atoms with Crippen molar-refractivity contribution in [3.8, 4) is 17.1 Å². The summed E-state index contributed by atoms with van der Waals surface area (Å²) in [6.07, 6.45) is 4.03. The molecule has 0 unspecified atom stereocenters. The molecule has 0 saturated heterocycles. The molecule has 3 heteroatoms. The highest BCUT2D eigenvalue weighted by Gasteiger charge is 2.10. The number of benzene rings is 2. The summed E-state index contributed by atoms with van der Waals surface area (Å²) in [5, 5.41) is 0. The summed E-state index contributed by atoms with van der Waals surface area (Å²) < 4.78 is 8.03. The van der Waals surface area contributed by atoms with Gasteiger partial charge in [-0.1, -0.05) is 17.2 Å². The van der Waals surface area contributed by atoms with Crippen LogP contribution in [0.3, 0.4) is 0 Å². The average molecular weight is 288 g/mol. The lowest BCUT2D eigenvalue weighted by atomic mass is 10.1. The molecular weight excluding hydrogens is 272 g/mol. The van der Waals surface area contributed by atoms with E-state index in [0.29, 0.717) is 5.89 Å². The van der Waals surface area contributed by atoms with Crippen LogP contribution < -0.4 is 0 Å². The summed E-state index contributed by atoms with van der Waals surface area (Å²) in [6.45, 7) is 4.17. The second-order valence-corrected chi connectivity index (χ2v) is 5.64. The fourth-order valence-corrected chi connectivity index (χ4v) is 2.80. The molecule has 0 aliphatic heterocycles. The zero-order valence-corrected chi connectivity index (χ0v) is 12.6. The van der Waals surface area contributed by atoms with E-state index in [1.807, 2.05) is 36.7 Å². The van der Waals surface area contributed by atoms with Gasteiger partial charge in [0.1, 0.15) is 5.52 Å². The van der Waals surface area contributed by atoms with Crippen molar-refractivity contribution in [3.63, 3.8) is 0 Å². The van der Waals surface area contributed by atoms with E-state index in [0.717, 1.165) is 22.4 Å². The standard InChI is InChI=1S/C19H16N2O/c1-13-9-14(2)11-15(10-13)19-20-17-6-5-16(12-18(17)22-19)21-7-3-4-8-21/h3-12H,1-2H3. The van der Waals surface area contributed by atoms with E-state index in [9.17, 15) is 0 Å². The summed E-state index contributed by atoms with van der Waals surface area (Å²) in [6, 6.07) is 16.4. The van der Waals surface area contributed by atoms with E-state index in [1.54, 1.807) is 0 Å². The zero-order valence-electron chi connectivity index (χ0n) is 12.6. The number of fused-ring (bicyclic) bond motifs is 1. The molecule has 0 bridgehead atoms. The number of hydrogen-bond donors (Lipinski definition) is 0. The van der Waals surface area contributed by atoms with Gasteiger partial charge < -0.3 is 8.98 Å². The third kappa shape index (κ3) is 2.21. The van der Waals surface area contributed by atoms with Crippen LogP contribution in [0, 0.1) is 13.8 Å². The highest BCUT2D eigenvalue weighted by atomic mass is 16.3. The Morgan fingerprint density at radius 3 is 2.36 bits per heavy atom. The Kier molecular flexibility index (Phi) is 2.86. The largest absolute Gasteiger partial charge is 0.436 e. The Morgan fingerprint density at radius 2 is 1.64 bits per heavy atom. The van der Waals surface area contributed by atoms with Gasteiger partial charge in [0, 0.05) is 29.7 Å². The van der Waals surface area contributed by atoms with Crippen LogP contribution >= 0.6 is 0 Å². The second-order valence-electron chi connectivity index (χ2n) is 5.64. The van der Waals surface area contributed by atoms with Crippen molar-refractivity contribution < 1.29 is 4.42 Å². The smallest absolute Gasteiger partial charge is 0.227 e. The molecule has 4 aromatic rings. The molecule has 108 valence electrons. The fraction of sp³-hybridized carbons (Fsp3) is 0.105. The third-order valence-electron chi connectivity index (χ3n) is 3.74. The third-order valence-corrected chi connectivity index (χ3v) is 3.74. The Morgan fingerprint density at radius 1 is 0.909 bits per heavy atom. The first-order chi connectivity index (χ1) is 10.7. The van der Waals surface area contributed by atoms with Crippen molar-refractivity contribution in [2.75, 3.05) is 0 Å². The monoisotopic (exact) mass is 288 g/mol. The molecule has 0 saturated carbocycles. The lowest BCUT2D eigenvalue weighted by Crippen LogP contribution is -1.87. The van der Waals surface area contributed by atoms with Gasteiger partial charge in [-0.3, -0.25) is 0 Å². The van der Waals surface area contributed by atoms with Crippen molar-refractivity contribution in [2.24, 2.45) is 0 Å². The van der Waals surface area contributed by atoms with Crippen molar-refractivity contribution in [2.45, 2.75) is 13.8 Å². The first kappa shape index (κ1) is 12.9. The van der Waals surface area contributed by atoms with Crippen molar-refractivity contribution in [3.05, 3.63) is 72.1 Å². The highest BCUT2D eigenvalue weighted by Crippen LogP contribution is 2.27. The van der Waals surface area contributed by atoms with E-state index in [2.05, 4.69) is 47.7 Å². The molecule has 4 rings (SSSR count). The summed E-state index contributed by atoms with van der Waals surface area (Å²) in [4.78, 5) is 4.61. The van der Waals surface area contributed by atoms with E-state index in [1.165, 1.54) is 11.1 Å². The molecule has 0 fully saturated rings. The Bertz CT molecular complexity index is 929. The van der Waals surface area contributed by atoms with Crippen molar-refractivity contribution in [1.29, 1.82) is 0 Å². The quantitative estimate of drug-likeness (QED) is 0.525. The van der Waals surface area contributed by atoms with Gasteiger partial charge in [0.05, 0.1) is 0 Å². The number of rotatable bonds is 2. The average Bonchev–Trinajstić information content (AvgIpc) is 3.15. The molecule has 2 aromatic heterocycles. The van der Waals surface area contributed by atoms with E-state index in [-0.39, 0.29) is 0 Å². The molecule has 0 spiro atoms. The van der Waals surface area contributed by atoms with E-state index < -0.39 is 0 Å². The molecular formula is C19H16N2O. The summed E-state index contributed by atoms with van der Waals surface area (Å²) in [5.41, 5.74) is 6.21.